The number of benzene rings is 1. The van der Waals surface area contributed by atoms with Gasteiger partial charge < -0.3 is 5.11 Å². The number of rotatable bonds is 6. The summed E-state index contributed by atoms with van der Waals surface area (Å²) >= 11 is 0. The van der Waals surface area contributed by atoms with Gasteiger partial charge in [-0.1, -0.05) is 30.3 Å². The first-order chi connectivity index (χ1) is 7.59. The molecular weight excluding hydrogens is 204 g/mol. The molecule has 1 aromatic carbocycles. The average Bonchev–Trinajstić information content (AvgIpc) is 2.26. The minimum atomic E-state index is -0.704. The molecule has 0 aromatic heterocycles. The first kappa shape index (κ1) is 12.6. The van der Waals surface area contributed by atoms with Crippen LogP contribution in [-0.2, 0) is 4.79 Å². The topological polar surface area (TPSA) is 54.4 Å². The molecule has 16 heavy (non-hydrogen) atoms. The van der Waals surface area contributed by atoms with Crippen molar-refractivity contribution in [2.24, 2.45) is 0 Å². The van der Waals surface area contributed by atoms with Crippen LogP contribution in [0.2, 0.25) is 0 Å². The average molecular weight is 220 g/mol. The number of hydrogen-bond acceptors (Lipinski definition) is 3. The quantitative estimate of drug-likeness (QED) is 0.746. The van der Waals surface area contributed by atoms with Crippen LogP contribution in [0.1, 0.15) is 36.5 Å². The van der Waals surface area contributed by atoms with Crippen LogP contribution in [-0.4, -0.2) is 22.8 Å². The Labute approximate surface area is 95.1 Å². The third-order valence-electron chi connectivity index (χ3n) is 2.32. The molecule has 0 radical (unpaired) electrons. The van der Waals surface area contributed by atoms with Crippen molar-refractivity contribution in [1.82, 2.24) is 0 Å². The Bertz CT molecular complexity index is 357. The van der Waals surface area contributed by atoms with E-state index in [1.165, 1.54) is 6.92 Å². The Morgan fingerprint density at radius 3 is 2.44 bits per heavy atom. The first-order valence-electron chi connectivity index (χ1n) is 5.35. The molecule has 0 spiro atoms. The summed E-state index contributed by atoms with van der Waals surface area (Å²) in [6.45, 7) is 1.43. The van der Waals surface area contributed by atoms with E-state index < -0.39 is 6.10 Å². The van der Waals surface area contributed by atoms with E-state index >= 15 is 0 Å². The lowest BCUT2D eigenvalue weighted by Crippen LogP contribution is -2.13. The number of aliphatic hydroxyl groups is 1. The summed E-state index contributed by atoms with van der Waals surface area (Å²) in [6.07, 6.45) is 0.0403. The molecule has 1 unspecified atom stereocenters. The molecule has 0 bridgehead atoms. The second-order valence-corrected chi connectivity index (χ2v) is 3.89. The number of hydrogen-bond donors (Lipinski definition) is 1. The SMILES string of the molecule is CC(=O)CC(O)CCC(=O)c1ccccc1. The first-order valence-corrected chi connectivity index (χ1v) is 5.35. The number of aliphatic hydroxyl groups excluding tert-OH is 1. The third kappa shape index (κ3) is 4.36. The van der Waals surface area contributed by atoms with Crippen LogP contribution in [0.25, 0.3) is 0 Å². The second kappa shape index (κ2) is 6.18. The van der Waals surface area contributed by atoms with Crippen LogP contribution in [0, 0.1) is 0 Å². The van der Waals surface area contributed by atoms with E-state index in [9.17, 15) is 14.7 Å². The lowest BCUT2D eigenvalue weighted by atomic mass is 10.0. The zero-order valence-corrected chi connectivity index (χ0v) is 9.35. The van der Waals surface area contributed by atoms with E-state index in [1.807, 2.05) is 6.07 Å². The molecule has 3 nitrogen and oxygen atoms in total. The van der Waals surface area contributed by atoms with E-state index in [0.717, 1.165) is 0 Å². The smallest absolute Gasteiger partial charge is 0.162 e. The van der Waals surface area contributed by atoms with Crippen LogP contribution in [0.5, 0.6) is 0 Å². The third-order valence-corrected chi connectivity index (χ3v) is 2.32. The van der Waals surface area contributed by atoms with Gasteiger partial charge in [-0.2, -0.15) is 0 Å². The lowest BCUT2D eigenvalue weighted by Gasteiger charge is -2.07. The van der Waals surface area contributed by atoms with Gasteiger partial charge in [0.1, 0.15) is 5.78 Å². The van der Waals surface area contributed by atoms with Crippen LogP contribution < -0.4 is 0 Å². The maximum atomic E-state index is 11.6. The summed E-state index contributed by atoms with van der Waals surface area (Å²) in [6, 6.07) is 8.96. The van der Waals surface area contributed by atoms with Gasteiger partial charge in [0, 0.05) is 18.4 Å². The Hall–Kier alpha value is -1.48. The summed E-state index contributed by atoms with van der Waals surface area (Å²) in [7, 11) is 0. The molecule has 0 heterocycles. The van der Waals surface area contributed by atoms with Gasteiger partial charge in [0.25, 0.3) is 0 Å². The number of ketones is 2. The standard InChI is InChI=1S/C13H16O3/c1-10(14)9-12(15)7-8-13(16)11-5-3-2-4-6-11/h2-6,12,15H,7-9H2,1H3. The van der Waals surface area contributed by atoms with E-state index in [2.05, 4.69) is 0 Å². The molecule has 86 valence electrons. The Kier molecular flexibility index (Phi) is 4.86. The van der Waals surface area contributed by atoms with Gasteiger partial charge in [0.2, 0.25) is 0 Å². The van der Waals surface area contributed by atoms with Gasteiger partial charge in [0.05, 0.1) is 6.10 Å². The minimum absolute atomic E-state index is 0.00296. The molecule has 0 amide bonds. The summed E-state index contributed by atoms with van der Waals surface area (Å²) in [5, 5.41) is 9.44. The molecule has 0 saturated heterocycles. The highest BCUT2D eigenvalue weighted by atomic mass is 16.3. The molecule has 0 aliphatic carbocycles. The van der Waals surface area contributed by atoms with Gasteiger partial charge in [-0.3, -0.25) is 9.59 Å². The number of Topliss-reactive ketones (excluding diaryl/α,β-unsaturated/α-hetero) is 2. The lowest BCUT2D eigenvalue weighted by molar-refractivity contribution is -0.118. The normalized spacial score (nSPS) is 12.1. The van der Waals surface area contributed by atoms with Gasteiger partial charge in [-0.15, -0.1) is 0 Å². The fraction of sp³-hybridized carbons (Fsp3) is 0.385. The zero-order valence-electron chi connectivity index (χ0n) is 9.35. The van der Waals surface area contributed by atoms with Crippen molar-refractivity contribution in [1.29, 1.82) is 0 Å². The summed E-state index contributed by atoms with van der Waals surface area (Å²) in [4.78, 5) is 22.4. The predicted octanol–water partition coefficient (Wildman–Crippen LogP) is 1.99. The van der Waals surface area contributed by atoms with E-state index in [4.69, 9.17) is 0 Å². The zero-order chi connectivity index (χ0) is 12.0. The van der Waals surface area contributed by atoms with Crippen LogP contribution in [0.15, 0.2) is 30.3 Å². The number of carbonyl (C=O) groups excluding carboxylic acids is 2. The highest BCUT2D eigenvalue weighted by Crippen LogP contribution is 2.08. The fourth-order valence-electron chi connectivity index (χ4n) is 1.50. The van der Waals surface area contributed by atoms with Crippen molar-refractivity contribution >= 4 is 11.6 Å². The summed E-state index contributed by atoms with van der Waals surface area (Å²) in [5.74, 6) is -0.0529. The Balaban J connectivity index is 2.39. The monoisotopic (exact) mass is 220 g/mol. The minimum Gasteiger partial charge on any atom is -0.393 e. The van der Waals surface area contributed by atoms with E-state index in [1.54, 1.807) is 24.3 Å². The Morgan fingerprint density at radius 1 is 1.25 bits per heavy atom. The second-order valence-electron chi connectivity index (χ2n) is 3.89. The van der Waals surface area contributed by atoms with Crippen molar-refractivity contribution < 1.29 is 14.7 Å². The highest BCUT2D eigenvalue weighted by molar-refractivity contribution is 5.96. The fourth-order valence-corrected chi connectivity index (χ4v) is 1.50. The van der Waals surface area contributed by atoms with Gasteiger partial charge >= 0.3 is 0 Å². The molecule has 1 rings (SSSR count). The maximum absolute atomic E-state index is 11.6. The molecule has 0 aliphatic rings. The summed E-state index contributed by atoms with van der Waals surface area (Å²) in [5.41, 5.74) is 0.650. The van der Waals surface area contributed by atoms with Crippen molar-refractivity contribution in [3.63, 3.8) is 0 Å². The van der Waals surface area contributed by atoms with Crippen LogP contribution in [0.3, 0.4) is 0 Å². The largest absolute Gasteiger partial charge is 0.393 e. The van der Waals surface area contributed by atoms with Gasteiger partial charge in [-0.05, 0) is 13.3 Å². The molecule has 1 N–H and O–H groups in total. The molecule has 0 saturated carbocycles. The molecule has 0 aliphatic heterocycles. The maximum Gasteiger partial charge on any atom is 0.162 e. The predicted molar refractivity (Wildman–Crippen MR) is 61.3 cm³/mol. The molecule has 1 aromatic rings. The Morgan fingerprint density at radius 2 is 1.88 bits per heavy atom. The molecular formula is C13H16O3. The molecule has 3 heteroatoms. The van der Waals surface area contributed by atoms with E-state index in [-0.39, 0.29) is 24.4 Å². The van der Waals surface area contributed by atoms with Crippen molar-refractivity contribution in [3.8, 4) is 0 Å². The summed E-state index contributed by atoms with van der Waals surface area (Å²) < 4.78 is 0. The molecule has 1 atom stereocenters. The van der Waals surface area contributed by atoms with E-state index in [0.29, 0.717) is 12.0 Å². The number of carbonyl (C=O) groups is 2. The molecule has 0 fully saturated rings. The van der Waals surface area contributed by atoms with Gasteiger partial charge in [0.15, 0.2) is 5.78 Å². The van der Waals surface area contributed by atoms with Gasteiger partial charge in [-0.25, -0.2) is 0 Å². The van der Waals surface area contributed by atoms with Crippen molar-refractivity contribution in [2.75, 3.05) is 0 Å². The van der Waals surface area contributed by atoms with Crippen molar-refractivity contribution in [3.05, 3.63) is 35.9 Å². The van der Waals surface area contributed by atoms with Crippen LogP contribution in [0.4, 0.5) is 0 Å². The van der Waals surface area contributed by atoms with Crippen molar-refractivity contribution in [2.45, 2.75) is 32.3 Å². The van der Waals surface area contributed by atoms with Crippen LogP contribution >= 0.6 is 0 Å². The highest BCUT2D eigenvalue weighted by Gasteiger charge is 2.11.